The molecule has 8 nitrogen and oxygen atoms in total. The standard InChI is InChI=1S/C19H22F2N4O4/c1-10-5-13(7-17(23-10)25-12(3)26)18(27)24-11(2)14-6-15(28-4)19(22-8-14)29-9-16(20)21/h5-8,11,16H,9H2,1-4H3,(H,24,27)(H,23,25,26). The predicted octanol–water partition coefficient (Wildman–Crippen LogP) is 2.89. The number of nitrogens with one attached hydrogen (secondary N) is 2. The largest absolute Gasteiger partial charge is 0.491 e. The summed E-state index contributed by atoms with van der Waals surface area (Å²) in [6.45, 7) is 3.99. The molecule has 0 aromatic carbocycles. The fraction of sp³-hybridized carbons (Fsp3) is 0.368. The van der Waals surface area contributed by atoms with Crippen molar-refractivity contribution in [1.29, 1.82) is 0 Å². The summed E-state index contributed by atoms with van der Waals surface area (Å²) >= 11 is 0. The molecule has 2 aromatic heterocycles. The maximum Gasteiger partial charge on any atom is 0.272 e. The van der Waals surface area contributed by atoms with Gasteiger partial charge in [-0.2, -0.15) is 0 Å². The summed E-state index contributed by atoms with van der Waals surface area (Å²) in [7, 11) is 1.36. The Morgan fingerprint density at radius 1 is 1.24 bits per heavy atom. The number of hydrogen-bond acceptors (Lipinski definition) is 6. The number of ether oxygens (including phenoxy) is 2. The van der Waals surface area contributed by atoms with E-state index in [0.29, 0.717) is 16.8 Å². The molecule has 0 aliphatic carbocycles. The molecule has 0 spiro atoms. The number of aromatic nitrogens is 2. The van der Waals surface area contributed by atoms with Gasteiger partial charge in [0.25, 0.3) is 18.2 Å². The summed E-state index contributed by atoms with van der Waals surface area (Å²) in [5, 5.41) is 5.35. The number of carbonyl (C=O) groups excluding carboxylic acids is 2. The molecule has 2 heterocycles. The van der Waals surface area contributed by atoms with Gasteiger partial charge in [0.2, 0.25) is 5.91 Å². The number of aryl methyl sites for hydroxylation is 1. The third-order valence-corrected chi connectivity index (χ3v) is 3.77. The Kier molecular flexibility index (Phi) is 7.40. The van der Waals surface area contributed by atoms with Crippen LogP contribution in [0.2, 0.25) is 0 Å². The van der Waals surface area contributed by atoms with Gasteiger partial charge in [-0.25, -0.2) is 18.7 Å². The Morgan fingerprint density at radius 2 is 1.97 bits per heavy atom. The van der Waals surface area contributed by atoms with Gasteiger partial charge in [-0.05, 0) is 37.6 Å². The topological polar surface area (TPSA) is 102 Å². The molecule has 2 amide bonds. The summed E-state index contributed by atoms with van der Waals surface area (Å²) in [6, 6.07) is 4.15. The molecule has 0 fully saturated rings. The molecule has 156 valence electrons. The van der Waals surface area contributed by atoms with Gasteiger partial charge < -0.3 is 20.1 Å². The molecule has 0 bridgehead atoms. The van der Waals surface area contributed by atoms with Gasteiger partial charge in [0.15, 0.2) is 12.4 Å². The van der Waals surface area contributed by atoms with Crippen LogP contribution in [0.25, 0.3) is 0 Å². The number of carbonyl (C=O) groups is 2. The van der Waals surface area contributed by atoms with Gasteiger partial charge >= 0.3 is 0 Å². The van der Waals surface area contributed by atoms with E-state index in [9.17, 15) is 18.4 Å². The summed E-state index contributed by atoms with van der Waals surface area (Å²) < 4.78 is 34.7. The van der Waals surface area contributed by atoms with E-state index in [-0.39, 0.29) is 29.3 Å². The second-order valence-corrected chi connectivity index (χ2v) is 6.24. The number of alkyl halides is 2. The Labute approximate surface area is 166 Å². The maximum absolute atomic E-state index is 12.6. The van der Waals surface area contributed by atoms with Crippen molar-refractivity contribution in [3.63, 3.8) is 0 Å². The molecule has 2 rings (SSSR count). The zero-order valence-corrected chi connectivity index (χ0v) is 16.5. The number of nitrogens with zero attached hydrogens (tertiary/aromatic N) is 2. The van der Waals surface area contributed by atoms with Gasteiger partial charge in [0.1, 0.15) is 5.82 Å². The van der Waals surface area contributed by atoms with Crippen LogP contribution in [-0.2, 0) is 4.79 Å². The highest BCUT2D eigenvalue weighted by Crippen LogP contribution is 2.28. The van der Waals surface area contributed by atoms with Crippen LogP contribution < -0.4 is 20.1 Å². The average Bonchev–Trinajstić information content (AvgIpc) is 2.64. The lowest BCUT2D eigenvalue weighted by Gasteiger charge is -2.17. The van der Waals surface area contributed by atoms with Crippen LogP contribution in [-0.4, -0.2) is 41.9 Å². The van der Waals surface area contributed by atoms with E-state index < -0.39 is 19.1 Å². The van der Waals surface area contributed by atoms with Crippen molar-refractivity contribution >= 4 is 17.6 Å². The summed E-state index contributed by atoms with van der Waals surface area (Å²) in [5.41, 5.74) is 1.48. The van der Waals surface area contributed by atoms with Gasteiger partial charge in [0.05, 0.1) is 13.2 Å². The van der Waals surface area contributed by atoms with Gasteiger partial charge in [-0.3, -0.25) is 9.59 Å². The summed E-state index contributed by atoms with van der Waals surface area (Å²) in [4.78, 5) is 32.0. The number of halogens is 2. The minimum Gasteiger partial charge on any atom is -0.491 e. The van der Waals surface area contributed by atoms with Crippen LogP contribution in [0.5, 0.6) is 11.6 Å². The zero-order chi connectivity index (χ0) is 21.6. The molecule has 29 heavy (non-hydrogen) atoms. The van der Waals surface area contributed by atoms with Crippen LogP contribution in [0.4, 0.5) is 14.6 Å². The molecule has 0 radical (unpaired) electrons. The van der Waals surface area contributed by atoms with Crippen LogP contribution >= 0.6 is 0 Å². The third-order valence-electron chi connectivity index (χ3n) is 3.77. The van der Waals surface area contributed by atoms with E-state index in [2.05, 4.69) is 20.6 Å². The number of anilines is 1. The fourth-order valence-corrected chi connectivity index (χ4v) is 2.49. The van der Waals surface area contributed by atoms with Crippen molar-refractivity contribution in [3.8, 4) is 11.6 Å². The first-order valence-electron chi connectivity index (χ1n) is 8.71. The zero-order valence-electron chi connectivity index (χ0n) is 16.5. The lowest BCUT2D eigenvalue weighted by atomic mass is 10.1. The van der Waals surface area contributed by atoms with Crippen LogP contribution in [0.3, 0.4) is 0 Å². The Balaban J connectivity index is 2.15. The van der Waals surface area contributed by atoms with E-state index in [1.165, 1.54) is 26.3 Å². The molecule has 1 unspecified atom stereocenters. The number of methoxy groups -OCH3 is 1. The van der Waals surface area contributed by atoms with Gasteiger partial charge in [0, 0.05) is 24.4 Å². The van der Waals surface area contributed by atoms with Gasteiger partial charge in [-0.15, -0.1) is 0 Å². The summed E-state index contributed by atoms with van der Waals surface area (Å²) in [5.74, 6) is -0.280. The average molecular weight is 408 g/mol. The normalized spacial score (nSPS) is 11.7. The van der Waals surface area contributed by atoms with E-state index in [0.717, 1.165) is 0 Å². The minimum atomic E-state index is -2.63. The van der Waals surface area contributed by atoms with Crippen molar-refractivity contribution in [1.82, 2.24) is 15.3 Å². The highest BCUT2D eigenvalue weighted by Gasteiger charge is 2.17. The fourth-order valence-electron chi connectivity index (χ4n) is 2.49. The van der Waals surface area contributed by atoms with E-state index in [1.54, 1.807) is 26.0 Å². The molecular weight excluding hydrogens is 386 g/mol. The second-order valence-electron chi connectivity index (χ2n) is 6.24. The minimum absolute atomic E-state index is 0.0558. The number of amides is 2. The monoisotopic (exact) mass is 408 g/mol. The molecule has 0 aliphatic rings. The first-order valence-corrected chi connectivity index (χ1v) is 8.71. The van der Waals surface area contributed by atoms with E-state index in [1.807, 2.05) is 0 Å². The highest BCUT2D eigenvalue weighted by molar-refractivity contribution is 5.96. The van der Waals surface area contributed by atoms with E-state index in [4.69, 9.17) is 9.47 Å². The third kappa shape index (κ3) is 6.37. The van der Waals surface area contributed by atoms with Crippen molar-refractivity contribution in [2.24, 2.45) is 0 Å². The Morgan fingerprint density at radius 3 is 2.59 bits per heavy atom. The number of pyridine rings is 2. The van der Waals surface area contributed by atoms with Crippen molar-refractivity contribution in [2.45, 2.75) is 33.2 Å². The van der Waals surface area contributed by atoms with Crippen LogP contribution in [0, 0.1) is 6.92 Å². The second kappa shape index (κ2) is 9.76. The molecule has 10 heteroatoms. The molecule has 1 atom stereocenters. The van der Waals surface area contributed by atoms with Crippen LogP contribution in [0.1, 0.15) is 41.5 Å². The Hall–Kier alpha value is -3.30. The first kappa shape index (κ1) is 22.0. The Bertz CT molecular complexity index is 893. The van der Waals surface area contributed by atoms with Gasteiger partial charge in [-0.1, -0.05) is 0 Å². The molecule has 2 N–H and O–H groups in total. The van der Waals surface area contributed by atoms with Crippen molar-refractivity contribution in [2.75, 3.05) is 19.0 Å². The highest BCUT2D eigenvalue weighted by atomic mass is 19.3. The number of hydrogen-bond donors (Lipinski definition) is 2. The molecule has 0 aliphatic heterocycles. The quantitative estimate of drug-likeness (QED) is 0.696. The smallest absolute Gasteiger partial charge is 0.272 e. The maximum atomic E-state index is 12.6. The SMILES string of the molecule is COc1cc(C(C)NC(=O)c2cc(C)nc(NC(C)=O)c2)cnc1OCC(F)F. The van der Waals surface area contributed by atoms with E-state index >= 15 is 0 Å². The van der Waals surface area contributed by atoms with Crippen molar-refractivity contribution < 1.29 is 27.8 Å². The molecule has 2 aromatic rings. The number of rotatable bonds is 8. The molecule has 0 saturated heterocycles. The predicted molar refractivity (Wildman–Crippen MR) is 101 cm³/mol. The lowest BCUT2D eigenvalue weighted by Crippen LogP contribution is -2.27. The summed E-state index contributed by atoms with van der Waals surface area (Å²) in [6.07, 6.45) is -1.22. The lowest BCUT2D eigenvalue weighted by molar-refractivity contribution is -0.114. The molecule has 0 saturated carbocycles. The van der Waals surface area contributed by atoms with Crippen molar-refractivity contribution in [3.05, 3.63) is 41.2 Å². The molecular formula is C19H22F2N4O4. The first-order chi connectivity index (χ1) is 13.7. The van der Waals surface area contributed by atoms with Crippen LogP contribution in [0.15, 0.2) is 24.4 Å².